The highest BCUT2D eigenvalue weighted by Crippen LogP contribution is 2.40. The van der Waals surface area contributed by atoms with E-state index in [9.17, 15) is 4.39 Å². The number of halogens is 1. The van der Waals surface area contributed by atoms with Crippen LogP contribution in [0.3, 0.4) is 0 Å². The van der Waals surface area contributed by atoms with E-state index in [0.717, 1.165) is 12.8 Å². The summed E-state index contributed by atoms with van der Waals surface area (Å²) in [6, 6.07) is 9.88. The lowest BCUT2D eigenvalue weighted by molar-refractivity contribution is 0.421. The first-order chi connectivity index (χ1) is 9.29. The lowest BCUT2D eigenvalue weighted by Crippen LogP contribution is -2.32. The van der Waals surface area contributed by atoms with E-state index in [2.05, 4.69) is 28.6 Å². The van der Waals surface area contributed by atoms with Gasteiger partial charge in [-0.05, 0) is 36.0 Å². The molecule has 0 saturated heterocycles. The van der Waals surface area contributed by atoms with Gasteiger partial charge in [-0.1, -0.05) is 24.3 Å². The Morgan fingerprint density at radius 2 is 2.21 bits per heavy atom. The minimum Gasteiger partial charge on any atom is -0.271 e. The van der Waals surface area contributed by atoms with Crippen molar-refractivity contribution in [3.05, 3.63) is 65.2 Å². The molecule has 1 aromatic carbocycles. The molecule has 0 radical (unpaired) electrons. The molecule has 1 aromatic heterocycles. The first-order valence-corrected chi connectivity index (χ1v) is 6.43. The van der Waals surface area contributed by atoms with E-state index < -0.39 is 0 Å². The molecule has 0 bridgehead atoms. The summed E-state index contributed by atoms with van der Waals surface area (Å²) in [5.74, 6) is 5.73. The third-order valence-corrected chi connectivity index (χ3v) is 3.86. The van der Waals surface area contributed by atoms with Crippen LogP contribution in [0, 0.1) is 5.82 Å². The first kappa shape index (κ1) is 12.3. The maximum Gasteiger partial charge on any atom is 0.146 e. The normalized spacial score (nSPS) is 18.5. The highest BCUT2D eigenvalue weighted by molar-refractivity contribution is 5.40. The number of benzene rings is 1. The third-order valence-electron chi connectivity index (χ3n) is 3.86. The fraction of sp³-hybridized carbons (Fsp3) is 0.267. The van der Waals surface area contributed by atoms with E-state index in [-0.39, 0.29) is 11.9 Å². The number of hydrazine groups is 1. The first-order valence-electron chi connectivity index (χ1n) is 6.43. The van der Waals surface area contributed by atoms with Crippen LogP contribution in [0.5, 0.6) is 0 Å². The SMILES string of the molecule is NNC(CC1Cc2ccccc21)c1ccncc1F. The van der Waals surface area contributed by atoms with Gasteiger partial charge in [-0.2, -0.15) is 0 Å². The van der Waals surface area contributed by atoms with Gasteiger partial charge in [0.25, 0.3) is 0 Å². The van der Waals surface area contributed by atoms with Crippen LogP contribution in [0.15, 0.2) is 42.7 Å². The van der Waals surface area contributed by atoms with Crippen LogP contribution in [-0.2, 0) is 6.42 Å². The van der Waals surface area contributed by atoms with Gasteiger partial charge < -0.3 is 0 Å². The largest absolute Gasteiger partial charge is 0.271 e. The zero-order chi connectivity index (χ0) is 13.2. The maximum atomic E-state index is 13.7. The Morgan fingerprint density at radius 1 is 1.37 bits per heavy atom. The number of hydrogen-bond donors (Lipinski definition) is 2. The van der Waals surface area contributed by atoms with Crippen molar-refractivity contribution in [1.82, 2.24) is 10.4 Å². The lowest BCUT2D eigenvalue weighted by atomic mass is 9.74. The molecule has 4 heteroatoms. The van der Waals surface area contributed by atoms with E-state index in [0.29, 0.717) is 11.5 Å². The van der Waals surface area contributed by atoms with Crippen molar-refractivity contribution in [3.63, 3.8) is 0 Å². The minimum atomic E-state index is -0.307. The van der Waals surface area contributed by atoms with Crippen molar-refractivity contribution in [2.24, 2.45) is 5.84 Å². The number of hydrogen-bond acceptors (Lipinski definition) is 3. The van der Waals surface area contributed by atoms with Gasteiger partial charge in [0.15, 0.2) is 0 Å². The molecular formula is C15H16FN3. The quantitative estimate of drug-likeness (QED) is 0.653. The highest BCUT2D eigenvalue weighted by Gasteiger charge is 2.29. The van der Waals surface area contributed by atoms with Crippen LogP contribution >= 0.6 is 0 Å². The van der Waals surface area contributed by atoms with E-state index >= 15 is 0 Å². The molecule has 2 atom stereocenters. The second-order valence-corrected chi connectivity index (χ2v) is 4.95. The van der Waals surface area contributed by atoms with Crippen LogP contribution in [0.1, 0.15) is 35.1 Å². The van der Waals surface area contributed by atoms with Gasteiger partial charge in [0, 0.05) is 17.8 Å². The summed E-state index contributed by atoms with van der Waals surface area (Å²) in [6.45, 7) is 0. The van der Waals surface area contributed by atoms with Crippen LogP contribution in [0.2, 0.25) is 0 Å². The molecule has 3 rings (SSSR count). The number of nitrogens with two attached hydrogens (primary N) is 1. The molecule has 19 heavy (non-hydrogen) atoms. The van der Waals surface area contributed by atoms with Gasteiger partial charge in [0.05, 0.1) is 6.20 Å². The number of nitrogens with one attached hydrogen (secondary N) is 1. The zero-order valence-electron chi connectivity index (χ0n) is 10.5. The van der Waals surface area contributed by atoms with E-state index in [4.69, 9.17) is 5.84 Å². The zero-order valence-corrected chi connectivity index (χ0v) is 10.5. The Balaban J connectivity index is 1.78. The molecule has 0 fully saturated rings. The fourth-order valence-corrected chi connectivity index (χ4v) is 2.81. The molecule has 1 aliphatic rings. The molecule has 3 N–H and O–H groups in total. The number of aromatic nitrogens is 1. The fourth-order valence-electron chi connectivity index (χ4n) is 2.81. The summed E-state index contributed by atoms with van der Waals surface area (Å²) in [6.07, 6.45) is 4.67. The molecule has 98 valence electrons. The molecular weight excluding hydrogens is 241 g/mol. The molecule has 1 heterocycles. The predicted molar refractivity (Wildman–Crippen MR) is 71.8 cm³/mol. The van der Waals surface area contributed by atoms with Crippen LogP contribution in [0.25, 0.3) is 0 Å². The number of fused-ring (bicyclic) bond motifs is 1. The molecule has 1 aliphatic carbocycles. The van der Waals surface area contributed by atoms with Crippen molar-refractivity contribution in [2.75, 3.05) is 0 Å². The molecule has 3 nitrogen and oxygen atoms in total. The number of rotatable bonds is 4. The lowest BCUT2D eigenvalue weighted by Gasteiger charge is -2.33. The third kappa shape index (κ3) is 2.25. The van der Waals surface area contributed by atoms with Gasteiger partial charge in [-0.15, -0.1) is 0 Å². The summed E-state index contributed by atoms with van der Waals surface area (Å²) >= 11 is 0. The van der Waals surface area contributed by atoms with Gasteiger partial charge in [0.2, 0.25) is 0 Å². The van der Waals surface area contributed by atoms with Gasteiger partial charge in [-0.25, -0.2) is 4.39 Å². The van der Waals surface area contributed by atoms with E-state index in [1.54, 1.807) is 12.3 Å². The Hall–Kier alpha value is -1.78. The Morgan fingerprint density at radius 3 is 2.95 bits per heavy atom. The van der Waals surface area contributed by atoms with Crippen LogP contribution in [-0.4, -0.2) is 4.98 Å². The summed E-state index contributed by atoms with van der Waals surface area (Å²) in [5.41, 5.74) is 6.05. The predicted octanol–water partition coefficient (Wildman–Crippen LogP) is 2.46. The van der Waals surface area contributed by atoms with E-state index in [1.807, 2.05) is 6.07 Å². The summed E-state index contributed by atoms with van der Waals surface area (Å²) in [7, 11) is 0. The molecule has 0 aliphatic heterocycles. The summed E-state index contributed by atoms with van der Waals surface area (Å²) in [5, 5.41) is 0. The second kappa shape index (κ2) is 5.07. The Bertz CT molecular complexity index is 585. The summed E-state index contributed by atoms with van der Waals surface area (Å²) in [4.78, 5) is 3.77. The van der Waals surface area contributed by atoms with Crippen LogP contribution < -0.4 is 11.3 Å². The summed E-state index contributed by atoms with van der Waals surface area (Å²) < 4.78 is 13.7. The van der Waals surface area contributed by atoms with Crippen molar-refractivity contribution in [2.45, 2.75) is 24.8 Å². The molecule has 0 saturated carbocycles. The van der Waals surface area contributed by atoms with Crippen molar-refractivity contribution in [3.8, 4) is 0 Å². The maximum absolute atomic E-state index is 13.7. The molecule has 2 unspecified atom stereocenters. The number of pyridine rings is 1. The topological polar surface area (TPSA) is 50.9 Å². The average Bonchev–Trinajstić information content (AvgIpc) is 2.42. The van der Waals surface area contributed by atoms with Crippen LogP contribution in [0.4, 0.5) is 4.39 Å². The van der Waals surface area contributed by atoms with Crippen molar-refractivity contribution < 1.29 is 4.39 Å². The number of nitrogens with zero attached hydrogens (tertiary/aromatic N) is 1. The standard InChI is InChI=1S/C15H16FN3/c16-14-9-18-6-5-13(14)15(19-17)8-11-7-10-3-1-2-4-12(10)11/h1-6,9,11,15,19H,7-8,17H2. The smallest absolute Gasteiger partial charge is 0.146 e. The molecule has 0 spiro atoms. The highest BCUT2D eigenvalue weighted by atomic mass is 19.1. The Kier molecular flexibility index (Phi) is 3.27. The second-order valence-electron chi connectivity index (χ2n) is 4.95. The van der Waals surface area contributed by atoms with Gasteiger partial charge in [-0.3, -0.25) is 16.3 Å². The van der Waals surface area contributed by atoms with Crippen molar-refractivity contribution in [1.29, 1.82) is 0 Å². The molecule has 2 aromatic rings. The van der Waals surface area contributed by atoms with E-state index in [1.165, 1.54) is 17.3 Å². The Labute approximate surface area is 111 Å². The molecule has 0 amide bonds. The van der Waals surface area contributed by atoms with Crippen molar-refractivity contribution >= 4 is 0 Å². The monoisotopic (exact) mass is 257 g/mol. The average molecular weight is 257 g/mol. The minimum absolute atomic E-state index is 0.179. The van der Waals surface area contributed by atoms with Gasteiger partial charge in [0.1, 0.15) is 5.82 Å². The van der Waals surface area contributed by atoms with Gasteiger partial charge >= 0.3 is 0 Å².